The lowest BCUT2D eigenvalue weighted by molar-refractivity contribution is -0.124. The third kappa shape index (κ3) is 3.97. The van der Waals surface area contributed by atoms with E-state index in [-0.39, 0.29) is 17.9 Å². The summed E-state index contributed by atoms with van der Waals surface area (Å²) in [7, 11) is 1.77. The number of carbonyl (C=O) groups excluding carboxylic acids is 1. The standard InChI is InChI=1S/C26H32N4O3/c1-32-20-7-4-17(5-8-20)26(31)30-14-18-3-2-12-27-25(18)28-23-11-6-19(13-24(23)30)29-15-21-9-10-22(16-29)33-21/h2-3,6,11-13,17,20-22H,4-5,7-10,14-16H2,1H3,(H,27,28). The van der Waals surface area contributed by atoms with Crippen molar-refractivity contribution in [2.75, 3.05) is 35.3 Å². The van der Waals surface area contributed by atoms with Gasteiger partial charge in [0.05, 0.1) is 36.2 Å². The van der Waals surface area contributed by atoms with E-state index in [9.17, 15) is 4.79 Å². The van der Waals surface area contributed by atoms with E-state index in [4.69, 9.17) is 9.47 Å². The van der Waals surface area contributed by atoms with Crippen molar-refractivity contribution < 1.29 is 14.3 Å². The number of rotatable bonds is 3. The van der Waals surface area contributed by atoms with Gasteiger partial charge < -0.3 is 24.6 Å². The second-order valence-corrected chi connectivity index (χ2v) is 9.83. The highest BCUT2D eigenvalue weighted by atomic mass is 16.5. The molecule has 1 amide bonds. The molecule has 1 aromatic heterocycles. The van der Waals surface area contributed by atoms with Crippen LogP contribution in [0.4, 0.5) is 22.9 Å². The number of benzene rings is 1. The Labute approximate surface area is 195 Å². The Hall–Kier alpha value is -2.64. The molecule has 4 aliphatic rings. The summed E-state index contributed by atoms with van der Waals surface area (Å²) in [4.78, 5) is 22.8. The summed E-state index contributed by atoms with van der Waals surface area (Å²) in [6.07, 6.45) is 8.65. The van der Waals surface area contributed by atoms with Crippen LogP contribution in [0.2, 0.25) is 0 Å². The zero-order valence-electron chi connectivity index (χ0n) is 19.2. The molecule has 3 aliphatic heterocycles. The number of ether oxygens (including phenoxy) is 2. The minimum absolute atomic E-state index is 0.0327. The van der Waals surface area contributed by atoms with Crippen LogP contribution < -0.4 is 15.1 Å². The summed E-state index contributed by atoms with van der Waals surface area (Å²) < 4.78 is 11.6. The maximum Gasteiger partial charge on any atom is 0.230 e. The number of nitrogens with zero attached hydrogens (tertiary/aromatic N) is 3. The Morgan fingerprint density at radius 1 is 1.09 bits per heavy atom. The molecule has 174 valence electrons. The molecule has 1 aromatic carbocycles. The summed E-state index contributed by atoms with van der Waals surface area (Å²) in [5, 5.41) is 3.50. The topological polar surface area (TPSA) is 66.9 Å². The molecule has 7 nitrogen and oxygen atoms in total. The van der Waals surface area contributed by atoms with Crippen LogP contribution in [-0.2, 0) is 20.8 Å². The Bertz CT molecular complexity index is 1020. The Kier molecular flexibility index (Phi) is 5.46. The number of hydrogen-bond acceptors (Lipinski definition) is 6. The predicted molar refractivity (Wildman–Crippen MR) is 128 cm³/mol. The summed E-state index contributed by atoms with van der Waals surface area (Å²) in [5.41, 5.74) is 4.09. The quantitative estimate of drug-likeness (QED) is 0.758. The molecule has 4 heterocycles. The monoisotopic (exact) mass is 448 g/mol. The Morgan fingerprint density at radius 3 is 2.64 bits per heavy atom. The number of amides is 1. The fourth-order valence-electron chi connectivity index (χ4n) is 5.90. The van der Waals surface area contributed by atoms with Crippen LogP contribution in [0.25, 0.3) is 0 Å². The van der Waals surface area contributed by atoms with Gasteiger partial charge in [-0.2, -0.15) is 0 Å². The van der Waals surface area contributed by atoms with E-state index in [1.165, 1.54) is 0 Å². The van der Waals surface area contributed by atoms with Crippen molar-refractivity contribution in [1.82, 2.24) is 4.98 Å². The van der Waals surface area contributed by atoms with Crippen LogP contribution in [0, 0.1) is 5.92 Å². The summed E-state index contributed by atoms with van der Waals surface area (Å²) in [6.45, 7) is 2.36. The number of fused-ring (bicyclic) bond motifs is 4. The van der Waals surface area contributed by atoms with E-state index >= 15 is 0 Å². The number of aromatic nitrogens is 1. The smallest absolute Gasteiger partial charge is 0.230 e. The van der Waals surface area contributed by atoms with E-state index in [1.54, 1.807) is 13.3 Å². The van der Waals surface area contributed by atoms with Crippen molar-refractivity contribution in [2.24, 2.45) is 5.92 Å². The number of pyridine rings is 1. The molecule has 0 spiro atoms. The van der Waals surface area contributed by atoms with Gasteiger partial charge in [-0.25, -0.2) is 4.98 Å². The second-order valence-electron chi connectivity index (χ2n) is 9.83. The zero-order valence-corrected chi connectivity index (χ0v) is 19.2. The van der Waals surface area contributed by atoms with E-state index in [2.05, 4.69) is 39.5 Å². The van der Waals surface area contributed by atoms with E-state index in [0.717, 1.165) is 80.1 Å². The summed E-state index contributed by atoms with van der Waals surface area (Å²) in [6, 6.07) is 10.5. The average molecular weight is 449 g/mol. The molecule has 1 saturated carbocycles. The van der Waals surface area contributed by atoms with Crippen LogP contribution in [0.3, 0.4) is 0 Å². The van der Waals surface area contributed by atoms with Crippen molar-refractivity contribution in [1.29, 1.82) is 0 Å². The fourth-order valence-corrected chi connectivity index (χ4v) is 5.90. The van der Waals surface area contributed by atoms with E-state index < -0.39 is 0 Å². The number of morpholine rings is 1. The number of methoxy groups -OCH3 is 1. The van der Waals surface area contributed by atoms with Crippen LogP contribution in [-0.4, -0.2) is 49.4 Å². The maximum atomic E-state index is 13.9. The maximum absolute atomic E-state index is 13.9. The average Bonchev–Trinajstić information content (AvgIpc) is 3.10. The lowest BCUT2D eigenvalue weighted by Gasteiger charge is -2.35. The molecule has 2 aromatic rings. The van der Waals surface area contributed by atoms with Gasteiger partial charge in [-0.3, -0.25) is 4.79 Å². The van der Waals surface area contributed by atoms with E-state index in [1.807, 2.05) is 11.0 Å². The molecule has 2 saturated heterocycles. The highest BCUT2D eigenvalue weighted by Crippen LogP contribution is 2.40. The molecule has 7 heteroatoms. The largest absolute Gasteiger partial charge is 0.381 e. The number of nitrogens with one attached hydrogen (secondary N) is 1. The molecule has 2 atom stereocenters. The first-order chi connectivity index (χ1) is 16.2. The predicted octanol–water partition coefficient (Wildman–Crippen LogP) is 4.24. The molecule has 33 heavy (non-hydrogen) atoms. The first kappa shape index (κ1) is 20.9. The van der Waals surface area contributed by atoms with Gasteiger partial charge in [0.15, 0.2) is 0 Å². The Balaban J connectivity index is 1.34. The van der Waals surface area contributed by atoms with Crippen LogP contribution >= 0.6 is 0 Å². The third-order valence-electron chi connectivity index (χ3n) is 7.78. The SMILES string of the molecule is COC1CCC(C(=O)N2Cc3cccnc3Nc3ccc(N4CC5CCC(C4)O5)cc32)CC1. The lowest BCUT2D eigenvalue weighted by atomic mass is 9.86. The lowest BCUT2D eigenvalue weighted by Crippen LogP contribution is -2.43. The van der Waals surface area contributed by atoms with Gasteiger partial charge in [-0.15, -0.1) is 0 Å². The van der Waals surface area contributed by atoms with Crippen molar-refractivity contribution in [3.63, 3.8) is 0 Å². The minimum atomic E-state index is 0.0327. The third-order valence-corrected chi connectivity index (χ3v) is 7.78. The first-order valence-corrected chi connectivity index (χ1v) is 12.3. The van der Waals surface area contributed by atoms with Crippen molar-refractivity contribution in [3.05, 3.63) is 42.1 Å². The van der Waals surface area contributed by atoms with Gasteiger partial charge in [-0.1, -0.05) is 6.07 Å². The van der Waals surface area contributed by atoms with Crippen molar-refractivity contribution in [2.45, 2.75) is 63.4 Å². The van der Waals surface area contributed by atoms with Gasteiger partial charge in [-0.05, 0) is 62.8 Å². The zero-order chi connectivity index (χ0) is 22.4. The van der Waals surface area contributed by atoms with Crippen molar-refractivity contribution >= 4 is 28.8 Å². The molecule has 3 fully saturated rings. The number of anilines is 4. The minimum Gasteiger partial charge on any atom is -0.381 e. The molecule has 2 unspecified atom stereocenters. The first-order valence-electron chi connectivity index (χ1n) is 12.3. The molecule has 1 aliphatic carbocycles. The highest BCUT2D eigenvalue weighted by Gasteiger charge is 2.36. The van der Waals surface area contributed by atoms with Crippen molar-refractivity contribution in [3.8, 4) is 0 Å². The number of hydrogen-bond donors (Lipinski definition) is 1. The van der Waals surface area contributed by atoms with Crippen LogP contribution in [0.15, 0.2) is 36.5 Å². The van der Waals surface area contributed by atoms with Gasteiger partial charge >= 0.3 is 0 Å². The van der Waals surface area contributed by atoms with Crippen LogP contribution in [0.5, 0.6) is 0 Å². The molecule has 6 rings (SSSR count). The molecular formula is C26H32N4O3. The van der Waals surface area contributed by atoms with Gasteiger partial charge in [0.1, 0.15) is 5.82 Å². The normalized spacial score (nSPS) is 28.5. The highest BCUT2D eigenvalue weighted by molar-refractivity contribution is 6.00. The van der Waals surface area contributed by atoms with Gasteiger partial charge in [0.2, 0.25) is 5.91 Å². The van der Waals surface area contributed by atoms with Crippen LogP contribution in [0.1, 0.15) is 44.1 Å². The second kappa shape index (κ2) is 8.61. The van der Waals surface area contributed by atoms with Gasteiger partial charge in [0.25, 0.3) is 0 Å². The van der Waals surface area contributed by atoms with E-state index in [0.29, 0.717) is 18.8 Å². The molecular weight excluding hydrogens is 416 g/mol. The summed E-state index contributed by atoms with van der Waals surface area (Å²) >= 11 is 0. The van der Waals surface area contributed by atoms with Gasteiger partial charge in [0, 0.05) is 43.6 Å². The molecule has 1 N–H and O–H groups in total. The summed E-state index contributed by atoms with van der Waals surface area (Å²) in [5.74, 6) is 1.07. The Morgan fingerprint density at radius 2 is 1.88 bits per heavy atom. The molecule has 0 radical (unpaired) electrons. The fraction of sp³-hybridized carbons (Fsp3) is 0.538. The number of carbonyl (C=O) groups is 1. The molecule has 2 bridgehead atoms.